The number of aliphatic hydroxyl groups excluding tert-OH is 2. The van der Waals surface area contributed by atoms with Crippen molar-refractivity contribution in [2.75, 3.05) is 13.2 Å². The molecule has 1 unspecified atom stereocenters. The summed E-state index contributed by atoms with van der Waals surface area (Å²) in [6.45, 7) is 1.07. The molecule has 3 aromatic rings. The van der Waals surface area contributed by atoms with E-state index in [1.54, 1.807) is 30.3 Å². The molecule has 3 N–H and O–H groups in total. The van der Waals surface area contributed by atoms with Crippen LogP contribution in [0, 0.1) is 11.7 Å². The van der Waals surface area contributed by atoms with E-state index in [4.69, 9.17) is 27.9 Å². The molecule has 2 aliphatic rings. The number of benzene rings is 2. The molecule has 2 aromatic carbocycles. The van der Waals surface area contributed by atoms with Crippen molar-refractivity contribution in [3.8, 4) is 0 Å². The molecule has 1 fully saturated rings. The van der Waals surface area contributed by atoms with E-state index in [-0.39, 0.29) is 42.6 Å². The highest BCUT2D eigenvalue weighted by atomic mass is 35.5. The summed E-state index contributed by atoms with van der Waals surface area (Å²) in [6.07, 6.45) is 4.92. The fraction of sp³-hybridized carbons (Fsp3) is 0.433. The van der Waals surface area contributed by atoms with Crippen LogP contribution in [0.4, 0.5) is 4.39 Å². The largest absolute Gasteiger partial charge is 0.394 e. The highest BCUT2D eigenvalue weighted by molar-refractivity contribution is 6.30. The summed E-state index contributed by atoms with van der Waals surface area (Å²) in [4.78, 5) is 24.0. The van der Waals surface area contributed by atoms with Crippen LogP contribution in [0.1, 0.15) is 71.9 Å². The van der Waals surface area contributed by atoms with E-state index in [1.165, 1.54) is 23.4 Å². The molecule has 1 aliphatic carbocycles. The third kappa shape index (κ3) is 5.35. The van der Waals surface area contributed by atoms with Gasteiger partial charge in [-0.25, -0.2) is 14.4 Å². The average molecular weight is 605 g/mol. The predicted octanol–water partition coefficient (Wildman–Crippen LogP) is 4.94. The SMILES string of the molecule is CCC(O)(c1cc(F)c2c(c1)C(=O)N(Cc1ncc(Cl)cn1)[C@@]2(OCCO)c1ccc(Cl)cc1)[C@H]1CC[C@H](O)CC1. The summed E-state index contributed by atoms with van der Waals surface area (Å²) in [6, 6.07) is 9.32. The Balaban J connectivity index is 1.70. The number of aliphatic hydroxyl groups is 3. The molecule has 218 valence electrons. The summed E-state index contributed by atoms with van der Waals surface area (Å²) in [5, 5.41) is 32.4. The minimum absolute atomic E-state index is 0.0320. The van der Waals surface area contributed by atoms with Crippen LogP contribution in [0.25, 0.3) is 0 Å². The van der Waals surface area contributed by atoms with Gasteiger partial charge in [-0.3, -0.25) is 9.69 Å². The average Bonchev–Trinajstić information content (AvgIpc) is 3.21. The van der Waals surface area contributed by atoms with Crippen LogP contribution >= 0.6 is 23.2 Å². The van der Waals surface area contributed by atoms with E-state index in [9.17, 15) is 20.1 Å². The molecule has 0 saturated heterocycles. The molecular weight excluding hydrogens is 572 g/mol. The van der Waals surface area contributed by atoms with Crippen molar-refractivity contribution in [2.24, 2.45) is 5.92 Å². The van der Waals surface area contributed by atoms with Gasteiger partial charge in [-0.1, -0.05) is 42.3 Å². The normalized spacial score (nSPS) is 23.9. The van der Waals surface area contributed by atoms with Crippen LogP contribution in [-0.2, 0) is 22.6 Å². The number of hydrogen-bond donors (Lipinski definition) is 3. The van der Waals surface area contributed by atoms with Gasteiger partial charge in [0.15, 0.2) is 5.72 Å². The van der Waals surface area contributed by atoms with Crippen molar-refractivity contribution in [1.82, 2.24) is 14.9 Å². The Morgan fingerprint density at radius 2 is 1.76 bits per heavy atom. The van der Waals surface area contributed by atoms with Gasteiger partial charge in [0.25, 0.3) is 5.91 Å². The van der Waals surface area contributed by atoms with E-state index in [0.717, 1.165) is 0 Å². The maximum absolute atomic E-state index is 16.5. The zero-order chi connectivity index (χ0) is 29.4. The topological polar surface area (TPSA) is 116 Å². The fourth-order valence-corrected chi connectivity index (χ4v) is 6.45. The molecule has 5 rings (SSSR count). The molecule has 11 heteroatoms. The van der Waals surface area contributed by atoms with Crippen molar-refractivity contribution in [2.45, 2.75) is 63.0 Å². The van der Waals surface area contributed by atoms with Gasteiger partial charge in [0, 0.05) is 23.0 Å². The summed E-state index contributed by atoms with van der Waals surface area (Å²) in [5.74, 6) is -1.26. The molecule has 1 aliphatic heterocycles. The maximum atomic E-state index is 16.5. The maximum Gasteiger partial charge on any atom is 0.257 e. The van der Waals surface area contributed by atoms with Gasteiger partial charge in [-0.15, -0.1) is 0 Å². The number of ether oxygens (including phenoxy) is 1. The van der Waals surface area contributed by atoms with Gasteiger partial charge < -0.3 is 20.1 Å². The fourth-order valence-electron chi connectivity index (χ4n) is 6.22. The number of nitrogens with zero attached hydrogens (tertiary/aromatic N) is 3. The lowest BCUT2D eigenvalue weighted by Gasteiger charge is -2.40. The molecule has 0 spiro atoms. The number of amides is 1. The van der Waals surface area contributed by atoms with Crippen LogP contribution in [0.5, 0.6) is 0 Å². The van der Waals surface area contributed by atoms with Crippen molar-refractivity contribution in [3.05, 3.63) is 92.7 Å². The van der Waals surface area contributed by atoms with Crippen molar-refractivity contribution < 1.29 is 29.2 Å². The van der Waals surface area contributed by atoms with Crippen LogP contribution in [0.3, 0.4) is 0 Å². The van der Waals surface area contributed by atoms with E-state index in [2.05, 4.69) is 9.97 Å². The number of fused-ring (bicyclic) bond motifs is 1. The second-order valence-corrected chi connectivity index (χ2v) is 11.5. The number of halogens is 3. The van der Waals surface area contributed by atoms with Crippen LogP contribution in [0.15, 0.2) is 48.8 Å². The zero-order valence-electron chi connectivity index (χ0n) is 22.6. The second kappa shape index (κ2) is 11.9. The smallest absolute Gasteiger partial charge is 0.257 e. The van der Waals surface area contributed by atoms with E-state index in [1.807, 2.05) is 6.92 Å². The van der Waals surface area contributed by atoms with Crippen LogP contribution in [-0.4, -0.2) is 55.4 Å². The minimum Gasteiger partial charge on any atom is -0.394 e. The molecule has 1 amide bonds. The van der Waals surface area contributed by atoms with Gasteiger partial charge in [-0.2, -0.15) is 0 Å². The molecule has 0 bridgehead atoms. The minimum atomic E-state index is -1.79. The Morgan fingerprint density at radius 1 is 1.10 bits per heavy atom. The third-order valence-electron chi connectivity index (χ3n) is 8.31. The lowest BCUT2D eigenvalue weighted by Crippen LogP contribution is -2.47. The Kier molecular flexibility index (Phi) is 8.66. The summed E-state index contributed by atoms with van der Waals surface area (Å²) < 4.78 is 22.8. The second-order valence-electron chi connectivity index (χ2n) is 10.6. The lowest BCUT2D eigenvalue weighted by molar-refractivity contribution is -0.121. The van der Waals surface area contributed by atoms with Gasteiger partial charge in [-0.05, 0) is 67.9 Å². The molecule has 8 nitrogen and oxygen atoms in total. The van der Waals surface area contributed by atoms with Gasteiger partial charge >= 0.3 is 0 Å². The summed E-state index contributed by atoms with van der Waals surface area (Å²) >= 11 is 12.1. The Bertz CT molecular complexity index is 1400. The van der Waals surface area contributed by atoms with Crippen LogP contribution in [0.2, 0.25) is 10.0 Å². The van der Waals surface area contributed by atoms with Crippen molar-refractivity contribution >= 4 is 29.1 Å². The Labute approximate surface area is 247 Å². The van der Waals surface area contributed by atoms with E-state index >= 15 is 4.39 Å². The first-order valence-corrected chi connectivity index (χ1v) is 14.4. The quantitative estimate of drug-likeness (QED) is 0.317. The van der Waals surface area contributed by atoms with Crippen LogP contribution < -0.4 is 0 Å². The molecule has 1 aromatic heterocycles. The monoisotopic (exact) mass is 603 g/mol. The molecule has 2 atom stereocenters. The lowest BCUT2D eigenvalue weighted by atomic mass is 9.71. The molecular formula is C30H32Cl2FN3O5. The highest BCUT2D eigenvalue weighted by Crippen LogP contribution is 2.50. The standard InChI is InChI=1S/C30H32Cl2FN3O5/c1-2-29(40,18-5-9-23(38)10-6-18)20-13-24-27(25(33)14-20)30(41-12-11-37,19-3-7-21(31)8-4-19)36(28(24)39)17-26-34-15-22(32)16-35-26/h3-4,7-8,13-16,18,23,37-38,40H,2,5-6,9-12,17H2,1H3/t18-,23-,29?,30-/m1/s1. The van der Waals surface area contributed by atoms with Gasteiger partial charge in [0.2, 0.25) is 0 Å². The summed E-state index contributed by atoms with van der Waals surface area (Å²) in [5.41, 5.74) is -2.49. The molecule has 41 heavy (non-hydrogen) atoms. The Hall–Kier alpha value is -2.66. The van der Waals surface area contributed by atoms with E-state index in [0.29, 0.717) is 53.3 Å². The number of carbonyl (C=O) groups is 1. The number of rotatable bonds is 9. The van der Waals surface area contributed by atoms with Gasteiger partial charge in [0.1, 0.15) is 11.6 Å². The number of aromatic nitrogens is 2. The Morgan fingerprint density at radius 3 is 2.37 bits per heavy atom. The molecule has 0 radical (unpaired) electrons. The molecule has 2 heterocycles. The zero-order valence-corrected chi connectivity index (χ0v) is 24.1. The third-order valence-corrected chi connectivity index (χ3v) is 8.75. The predicted molar refractivity (Wildman–Crippen MR) is 151 cm³/mol. The van der Waals surface area contributed by atoms with Crippen molar-refractivity contribution in [3.63, 3.8) is 0 Å². The van der Waals surface area contributed by atoms with Crippen molar-refractivity contribution in [1.29, 1.82) is 0 Å². The number of carbonyl (C=O) groups excluding carboxylic acids is 1. The first-order valence-electron chi connectivity index (χ1n) is 13.7. The first-order chi connectivity index (χ1) is 19.6. The van der Waals surface area contributed by atoms with Gasteiger partial charge in [0.05, 0.1) is 47.6 Å². The van der Waals surface area contributed by atoms with E-state index < -0.39 is 29.2 Å². The number of hydrogen-bond acceptors (Lipinski definition) is 7. The molecule has 1 saturated carbocycles. The summed E-state index contributed by atoms with van der Waals surface area (Å²) in [7, 11) is 0. The highest BCUT2D eigenvalue weighted by Gasteiger charge is 2.55. The first kappa shape index (κ1) is 29.8.